The number of aromatic nitrogens is 4. The summed E-state index contributed by atoms with van der Waals surface area (Å²) in [6.45, 7) is 0.872. The van der Waals surface area contributed by atoms with E-state index in [1.54, 1.807) is 14.2 Å². The van der Waals surface area contributed by atoms with Crippen molar-refractivity contribution < 1.29 is 9.47 Å². The molecule has 0 fully saturated rings. The molecule has 0 atom stereocenters. The second-order valence-corrected chi connectivity index (χ2v) is 4.53. The lowest BCUT2D eigenvalue weighted by molar-refractivity contribution is 0.276. The molecule has 0 unspecified atom stereocenters. The van der Waals surface area contributed by atoms with E-state index < -0.39 is 0 Å². The molecule has 0 amide bonds. The number of halogens is 1. The summed E-state index contributed by atoms with van der Waals surface area (Å²) in [5.74, 6) is 1.53. The topological polar surface area (TPSA) is 74.1 Å². The van der Waals surface area contributed by atoms with Crippen molar-refractivity contribution in [2.45, 2.75) is 13.2 Å². The summed E-state index contributed by atoms with van der Waals surface area (Å²) in [5.41, 5.74) is 1.01. The van der Waals surface area contributed by atoms with E-state index in [0.717, 1.165) is 5.56 Å². The van der Waals surface area contributed by atoms with E-state index in [-0.39, 0.29) is 6.61 Å². The zero-order valence-electron chi connectivity index (χ0n) is 11.6. The fourth-order valence-electron chi connectivity index (χ4n) is 1.74. The second kappa shape index (κ2) is 6.53. The van der Waals surface area contributed by atoms with Crippen LogP contribution in [0.25, 0.3) is 0 Å². The van der Waals surface area contributed by atoms with Gasteiger partial charge >= 0.3 is 0 Å². The molecule has 0 saturated heterocycles. The minimum absolute atomic E-state index is 0.176. The summed E-state index contributed by atoms with van der Waals surface area (Å²) < 4.78 is 10.9. The lowest BCUT2D eigenvalue weighted by Gasteiger charge is -2.13. The Hall–Kier alpha value is -1.86. The highest BCUT2D eigenvalue weighted by Crippen LogP contribution is 2.36. The summed E-state index contributed by atoms with van der Waals surface area (Å²) in [4.78, 5) is 1.37. The van der Waals surface area contributed by atoms with Gasteiger partial charge in [0.1, 0.15) is 0 Å². The molecule has 0 radical (unpaired) electrons. The fourth-order valence-corrected chi connectivity index (χ4v) is 2.03. The highest BCUT2D eigenvalue weighted by atomic mass is 35.5. The Morgan fingerprint density at radius 3 is 2.80 bits per heavy atom. The first-order valence-electron chi connectivity index (χ1n) is 6.00. The number of tetrazole rings is 1. The summed E-state index contributed by atoms with van der Waals surface area (Å²) >= 11 is 6.23. The number of methoxy groups -OCH3 is 1. The quantitative estimate of drug-likeness (QED) is 0.863. The summed E-state index contributed by atoms with van der Waals surface area (Å²) in [6.07, 6.45) is 0. The van der Waals surface area contributed by atoms with Crippen molar-refractivity contribution in [3.05, 3.63) is 28.5 Å². The second-order valence-electron chi connectivity index (χ2n) is 4.12. The van der Waals surface area contributed by atoms with E-state index >= 15 is 0 Å². The van der Waals surface area contributed by atoms with Gasteiger partial charge in [-0.3, -0.25) is 0 Å². The number of hydrogen-bond acceptors (Lipinski definition) is 6. The molecule has 0 spiro atoms. The minimum Gasteiger partial charge on any atom is -0.493 e. The van der Waals surface area contributed by atoms with E-state index in [9.17, 15) is 0 Å². The molecule has 7 nitrogen and oxygen atoms in total. The Labute approximate surface area is 121 Å². The van der Waals surface area contributed by atoms with Gasteiger partial charge in [0.25, 0.3) is 0 Å². The number of rotatable bonds is 6. The molecule has 2 rings (SSSR count). The Kier molecular flexibility index (Phi) is 4.75. The van der Waals surface area contributed by atoms with E-state index in [0.29, 0.717) is 28.9 Å². The van der Waals surface area contributed by atoms with Crippen LogP contribution in [0.15, 0.2) is 12.1 Å². The minimum atomic E-state index is 0.176. The molecule has 1 heterocycles. The predicted molar refractivity (Wildman–Crippen MR) is 73.9 cm³/mol. The zero-order chi connectivity index (χ0) is 14.5. The van der Waals surface area contributed by atoms with Gasteiger partial charge in [-0.05, 0) is 30.0 Å². The fraction of sp³-hybridized carbons (Fsp3) is 0.417. The average molecular weight is 298 g/mol. The maximum atomic E-state index is 6.23. The number of nitrogens with one attached hydrogen (secondary N) is 1. The van der Waals surface area contributed by atoms with E-state index in [1.165, 1.54) is 4.80 Å². The lowest BCUT2D eigenvalue weighted by Crippen LogP contribution is -2.06. The lowest BCUT2D eigenvalue weighted by atomic mass is 10.2. The van der Waals surface area contributed by atoms with Gasteiger partial charge in [-0.2, -0.15) is 4.80 Å². The van der Waals surface area contributed by atoms with Crippen molar-refractivity contribution >= 4 is 11.6 Å². The molecule has 8 heteroatoms. The first-order valence-corrected chi connectivity index (χ1v) is 6.38. The van der Waals surface area contributed by atoms with Gasteiger partial charge in [0.05, 0.1) is 19.2 Å². The van der Waals surface area contributed by atoms with Crippen LogP contribution in [0.2, 0.25) is 5.02 Å². The van der Waals surface area contributed by atoms with Crippen LogP contribution in [0.3, 0.4) is 0 Å². The van der Waals surface area contributed by atoms with Crippen molar-refractivity contribution in [1.82, 2.24) is 25.5 Å². The molecule has 1 aromatic carbocycles. The molecule has 0 aliphatic carbocycles. The number of hydrogen-bond donors (Lipinski definition) is 1. The van der Waals surface area contributed by atoms with Crippen LogP contribution in [0, 0.1) is 0 Å². The molecule has 0 aliphatic rings. The molecular weight excluding hydrogens is 282 g/mol. The molecule has 0 saturated carbocycles. The van der Waals surface area contributed by atoms with Crippen molar-refractivity contribution in [3.8, 4) is 11.5 Å². The third kappa shape index (κ3) is 3.37. The van der Waals surface area contributed by atoms with Crippen LogP contribution in [0.1, 0.15) is 11.4 Å². The van der Waals surface area contributed by atoms with Crippen molar-refractivity contribution in [1.29, 1.82) is 0 Å². The van der Waals surface area contributed by atoms with Crippen molar-refractivity contribution in [2.75, 3.05) is 14.2 Å². The van der Waals surface area contributed by atoms with Gasteiger partial charge in [-0.1, -0.05) is 11.6 Å². The Bertz CT molecular complexity index is 587. The molecular formula is C12H16ClN5O2. The maximum Gasteiger partial charge on any atom is 0.212 e. The van der Waals surface area contributed by atoms with Gasteiger partial charge in [0.15, 0.2) is 18.1 Å². The molecule has 20 heavy (non-hydrogen) atoms. The third-order valence-electron chi connectivity index (χ3n) is 2.57. The van der Waals surface area contributed by atoms with Crippen LogP contribution < -0.4 is 14.8 Å². The summed E-state index contributed by atoms with van der Waals surface area (Å²) in [5, 5.41) is 15.2. The van der Waals surface area contributed by atoms with E-state index in [2.05, 4.69) is 20.7 Å². The Morgan fingerprint density at radius 1 is 1.40 bits per heavy atom. The molecule has 0 bridgehead atoms. The zero-order valence-corrected chi connectivity index (χ0v) is 12.3. The van der Waals surface area contributed by atoms with Crippen LogP contribution in [-0.2, 0) is 20.2 Å². The normalized spacial score (nSPS) is 10.6. The highest BCUT2D eigenvalue weighted by molar-refractivity contribution is 6.32. The Balaban J connectivity index is 2.17. The number of nitrogens with zero attached hydrogens (tertiary/aromatic N) is 4. The molecule has 2 aromatic rings. The molecule has 108 valence electrons. The van der Waals surface area contributed by atoms with Crippen LogP contribution in [0.5, 0.6) is 11.5 Å². The Morgan fingerprint density at radius 2 is 2.20 bits per heavy atom. The largest absolute Gasteiger partial charge is 0.493 e. The highest BCUT2D eigenvalue weighted by Gasteiger charge is 2.13. The molecule has 1 aromatic heterocycles. The monoisotopic (exact) mass is 297 g/mol. The summed E-state index contributed by atoms with van der Waals surface area (Å²) in [7, 11) is 5.13. The van der Waals surface area contributed by atoms with E-state index in [4.69, 9.17) is 21.1 Å². The predicted octanol–water partition coefficient (Wildman–Crippen LogP) is 1.17. The van der Waals surface area contributed by atoms with E-state index in [1.807, 2.05) is 19.2 Å². The van der Waals surface area contributed by atoms with Crippen molar-refractivity contribution in [2.24, 2.45) is 7.05 Å². The average Bonchev–Trinajstić information content (AvgIpc) is 2.83. The summed E-state index contributed by atoms with van der Waals surface area (Å²) in [6, 6.07) is 3.71. The first kappa shape index (κ1) is 14.5. The van der Waals surface area contributed by atoms with Gasteiger partial charge < -0.3 is 14.8 Å². The van der Waals surface area contributed by atoms with Crippen LogP contribution >= 0.6 is 11.6 Å². The number of aryl methyl sites for hydroxylation is 1. The van der Waals surface area contributed by atoms with Gasteiger partial charge in [-0.15, -0.1) is 10.2 Å². The van der Waals surface area contributed by atoms with Gasteiger partial charge in [0, 0.05) is 6.54 Å². The number of benzene rings is 1. The van der Waals surface area contributed by atoms with Crippen LogP contribution in [-0.4, -0.2) is 34.4 Å². The smallest absolute Gasteiger partial charge is 0.212 e. The van der Waals surface area contributed by atoms with Gasteiger partial charge in [-0.25, -0.2) is 0 Å². The maximum absolute atomic E-state index is 6.23. The van der Waals surface area contributed by atoms with Gasteiger partial charge in [0.2, 0.25) is 5.82 Å². The standard InChI is InChI=1S/C12H16ClN5O2/c1-14-6-8-4-9(13)12(10(5-8)19-3)20-7-11-15-17-18(2)16-11/h4-5,14H,6-7H2,1-3H3. The number of ether oxygens (including phenoxy) is 2. The molecule has 0 aliphatic heterocycles. The molecule has 1 N–H and O–H groups in total. The third-order valence-corrected chi connectivity index (χ3v) is 2.85. The first-order chi connectivity index (χ1) is 9.63. The van der Waals surface area contributed by atoms with Crippen LogP contribution in [0.4, 0.5) is 0 Å². The van der Waals surface area contributed by atoms with Crippen molar-refractivity contribution in [3.63, 3.8) is 0 Å². The SMILES string of the molecule is CNCc1cc(Cl)c(OCc2nnn(C)n2)c(OC)c1.